The number of aromatic hydroxyl groups is 1. The summed E-state index contributed by atoms with van der Waals surface area (Å²) >= 11 is 0. The quantitative estimate of drug-likeness (QED) is 0.401. The second-order valence-corrected chi connectivity index (χ2v) is 2.67. The van der Waals surface area contributed by atoms with Crippen LogP contribution in [-0.2, 0) is 0 Å². The maximum absolute atomic E-state index is 10.3. The summed E-state index contributed by atoms with van der Waals surface area (Å²) < 4.78 is 0. The van der Waals surface area contributed by atoms with Gasteiger partial charge in [-0.2, -0.15) is 0 Å². The first-order valence-corrected chi connectivity index (χ1v) is 4.06. The van der Waals surface area contributed by atoms with Gasteiger partial charge in [-0.05, 0) is 6.07 Å². The van der Waals surface area contributed by atoms with Gasteiger partial charge in [0.25, 0.3) is 5.69 Å². The summed E-state index contributed by atoms with van der Waals surface area (Å²) in [5.41, 5.74) is 5.56. The first-order chi connectivity index (χ1) is 6.65. The van der Waals surface area contributed by atoms with Gasteiger partial charge in [-0.3, -0.25) is 10.1 Å². The monoisotopic (exact) mass is 251 g/mol. The predicted molar refractivity (Wildman–Crippen MR) is 63.2 cm³/mol. The minimum atomic E-state index is -0.563. The van der Waals surface area contributed by atoms with Gasteiger partial charge in [-0.1, -0.05) is 0 Å². The SMILES string of the molecule is Cl.NCCNc1ccc([N+](=O)[O-])cc1O.O. The number of halogens is 1. The molecule has 0 bridgehead atoms. The van der Waals surface area contributed by atoms with Crippen LogP contribution in [0.3, 0.4) is 0 Å². The first-order valence-electron chi connectivity index (χ1n) is 4.06. The van der Waals surface area contributed by atoms with Gasteiger partial charge in [-0.15, -0.1) is 12.4 Å². The van der Waals surface area contributed by atoms with Gasteiger partial charge in [0, 0.05) is 19.2 Å². The highest BCUT2D eigenvalue weighted by atomic mass is 35.5. The molecular weight excluding hydrogens is 238 g/mol. The molecule has 0 amide bonds. The summed E-state index contributed by atoms with van der Waals surface area (Å²) in [6.45, 7) is 0.932. The fourth-order valence-corrected chi connectivity index (χ4v) is 0.990. The number of nitrogens with two attached hydrogens (primary N) is 1. The minimum Gasteiger partial charge on any atom is -0.506 e. The van der Waals surface area contributed by atoms with Gasteiger partial charge in [0.05, 0.1) is 16.7 Å². The number of phenolic OH excluding ortho intramolecular Hbond substituents is 1. The number of nitro benzene ring substituents is 1. The van der Waals surface area contributed by atoms with Crippen molar-refractivity contribution >= 4 is 23.8 Å². The highest BCUT2D eigenvalue weighted by Crippen LogP contribution is 2.27. The molecule has 0 unspecified atom stereocenters. The van der Waals surface area contributed by atoms with Crippen molar-refractivity contribution in [1.82, 2.24) is 0 Å². The number of nitrogens with one attached hydrogen (secondary N) is 1. The van der Waals surface area contributed by atoms with Crippen LogP contribution in [-0.4, -0.2) is 28.6 Å². The summed E-state index contributed by atoms with van der Waals surface area (Å²) in [6.07, 6.45) is 0. The van der Waals surface area contributed by atoms with Gasteiger partial charge >= 0.3 is 0 Å². The van der Waals surface area contributed by atoms with E-state index in [-0.39, 0.29) is 29.3 Å². The summed E-state index contributed by atoms with van der Waals surface area (Å²) in [6, 6.07) is 3.86. The summed E-state index contributed by atoms with van der Waals surface area (Å²) in [5, 5.41) is 22.5. The predicted octanol–water partition coefficient (Wildman–Crippen LogP) is 0.268. The van der Waals surface area contributed by atoms with E-state index in [4.69, 9.17) is 5.73 Å². The molecular formula is C8H14ClN3O4. The minimum absolute atomic E-state index is 0. The summed E-state index contributed by atoms with van der Waals surface area (Å²) in [7, 11) is 0. The van der Waals surface area contributed by atoms with Gasteiger partial charge in [0.2, 0.25) is 0 Å². The van der Waals surface area contributed by atoms with Crippen LogP contribution in [0.15, 0.2) is 18.2 Å². The van der Waals surface area contributed by atoms with E-state index in [1.165, 1.54) is 12.1 Å². The zero-order valence-corrected chi connectivity index (χ0v) is 9.16. The molecule has 16 heavy (non-hydrogen) atoms. The van der Waals surface area contributed by atoms with E-state index in [0.29, 0.717) is 18.8 Å². The Bertz CT molecular complexity index is 348. The van der Waals surface area contributed by atoms with Crippen molar-refractivity contribution in [3.8, 4) is 5.75 Å². The van der Waals surface area contributed by atoms with Crippen molar-refractivity contribution in [3.05, 3.63) is 28.3 Å². The lowest BCUT2D eigenvalue weighted by atomic mass is 10.2. The Balaban J connectivity index is 0. The maximum atomic E-state index is 10.3. The van der Waals surface area contributed by atoms with Gasteiger partial charge in [0.15, 0.2) is 0 Å². The molecule has 1 rings (SSSR count). The highest BCUT2D eigenvalue weighted by molar-refractivity contribution is 5.85. The lowest BCUT2D eigenvalue weighted by Gasteiger charge is -2.05. The van der Waals surface area contributed by atoms with Crippen LogP contribution in [0, 0.1) is 10.1 Å². The number of benzene rings is 1. The number of hydrogen-bond acceptors (Lipinski definition) is 5. The normalized spacial score (nSPS) is 8.56. The lowest BCUT2D eigenvalue weighted by molar-refractivity contribution is -0.384. The molecule has 0 radical (unpaired) electrons. The Morgan fingerprint density at radius 3 is 2.56 bits per heavy atom. The van der Waals surface area contributed by atoms with Crippen LogP contribution in [0.25, 0.3) is 0 Å². The van der Waals surface area contributed by atoms with E-state index < -0.39 is 4.92 Å². The topological polar surface area (TPSA) is 133 Å². The zero-order chi connectivity index (χ0) is 10.6. The van der Waals surface area contributed by atoms with Gasteiger partial charge in [-0.25, -0.2) is 0 Å². The molecule has 0 aromatic heterocycles. The van der Waals surface area contributed by atoms with Crippen LogP contribution in [0.1, 0.15) is 0 Å². The molecule has 0 saturated carbocycles. The Morgan fingerprint density at radius 1 is 1.50 bits per heavy atom. The van der Waals surface area contributed by atoms with Crippen LogP contribution >= 0.6 is 12.4 Å². The largest absolute Gasteiger partial charge is 0.506 e. The van der Waals surface area contributed by atoms with Crippen LogP contribution in [0.2, 0.25) is 0 Å². The number of hydrogen-bond donors (Lipinski definition) is 3. The van der Waals surface area contributed by atoms with Gasteiger partial charge < -0.3 is 21.6 Å². The average molecular weight is 252 g/mol. The van der Waals surface area contributed by atoms with Crippen molar-refractivity contribution in [2.75, 3.05) is 18.4 Å². The van der Waals surface area contributed by atoms with E-state index in [2.05, 4.69) is 5.32 Å². The van der Waals surface area contributed by atoms with E-state index >= 15 is 0 Å². The molecule has 0 fully saturated rings. The maximum Gasteiger partial charge on any atom is 0.273 e. The van der Waals surface area contributed by atoms with Crippen molar-refractivity contribution in [2.45, 2.75) is 0 Å². The average Bonchev–Trinajstić information content (AvgIpc) is 2.15. The Kier molecular flexibility index (Phi) is 8.09. The van der Waals surface area contributed by atoms with Gasteiger partial charge in [0.1, 0.15) is 5.75 Å². The highest BCUT2D eigenvalue weighted by Gasteiger charge is 2.08. The van der Waals surface area contributed by atoms with E-state index in [9.17, 15) is 15.2 Å². The lowest BCUT2D eigenvalue weighted by Crippen LogP contribution is -2.13. The fraction of sp³-hybridized carbons (Fsp3) is 0.250. The number of anilines is 1. The second-order valence-electron chi connectivity index (χ2n) is 2.67. The van der Waals surface area contributed by atoms with Crippen molar-refractivity contribution in [1.29, 1.82) is 0 Å². The number of nitrogens with zero attached hydrogens (tertiary/aromatic N) is 1. The van der Waals surface area contributed by atoms with Crippen LogP contribution in [0.4, 0.5) is 11.4 Å². The fourth-order valence-electron chi connectivity index (χ4n) is 0.990. The molecule has 1 aromatic rings. The molecule has 0 saturated heterocycles. The summed E-state index contributed by atoms with van der Waals surface area (Å²) in [5.74, 6) is -0.146. The Hall–Kier alpha value is -1.57. The standard InChI is InChI=1S/C8H11N3O3.ClH.H2O/c9-3-4-10-7-2-1-6(11(13)14)5-8(7)12;;/h1-2,5,10,12H,3-4,9H2;1H;1H2. The van der Waals surface area contributed by atoms with E-state index in [0.717, 1.165) is 6.07 Å². The van der Waals surface area contributed by atoms with Crippen LogP contribution in [0.5, 0.6) is 5.75 Å². The molecule has 8 heteroatoms. The number of phenols is 1. The van der Waals surface area contributed by atoms with E-state index in [1.807, 2.05) is 0 Å². The number of rotatable bonds is 4. The molecule has 0 aliphatic heterocycles. The molecule has 6 N–H and O–H groups in total. The third-order valence-corrected chi connectivity index (χ3v) is 1.65. The smallest absolute Gasteiger partial charge is 0.273 e. The third-order valence-electron chi connectivity index (χ3n) is 1.65. The molecule has 0 atom stereocenters. The second kappa shape index (κ2) is 7.69. The zero-order valence-electron chi connectivity index (χ0n) is 8.34. The number of non-ortho nitro benzene ring substituents is 1. The summed E-state index contributed by atoms with van der Waals surface area (Å²) in [4.78, 5) is 9.77. The molecule has 0 spiro atoms. The Morgan fingerprint density at radius 2 is 2.12 bits per heavy atom. The van der Waals surface area contributed by atoms with Crippen molar-refractivity contribution in [3.63, 3.8) is 0 Å². The molecule has 7 nitrogen and oxygen atoms in total. The number of nitro groups is 1. The molecule has 0 aliphatic carbocycles. The van der Waals surface area contributed by atoms with E-state index in [1.54, 1.807) is 0 Å². The van der Waals surface area contributed by atoms with Crippen molar-refractivity contribution < 1.29 is 15.5 Å². The van der Waals surface area contributed by atoms with Crippen LogP contribution < -0.4 is 11.1 Å². The molecule has 0 aliphatic rings. The molecule has 92 valence electrons. The Labute approximate surface area is 98.1 Å². The molecule has 1 aromatic carbocycles. The van der Waals surface area contributed by atoms with Crippen molar-refractivity contribution in [2.24, 2.45) is 5.73 Å². The first kappa shape index (κ1) is 16.8. The molecule has 0 heterocycles. The third kappa shape index (κ3) is 4.30.